The number of nitrogens with one attached hydrogen (secondary N) is 5. The number of aliphatic hydroxyl groups excluding tert-OH is 2. The number of nitrogens with zero attached hydrogens (tertiary/aromatic N) is 2. The fourth-order valence-electron chi connectivity index (χ4n) is 8.66. The van der Waals surface area contributed by atoms with E-state index in [-0.39, 0.29) is 44.9 Å². The first kappa shape index (κ1) is 41.2. The molecule has 1 saturated heterocycles. The van der Waals surface area contributed by atoms with Crippen LogP contribution in [0, 0.1) is 23.7 Å². The molecule has 0 radical (unpaired) electrons. The third-order valence-corrected chi connectivity index (χ3v) is 14.9. The average molecular weight is 806 g/mol. The molecule has 0 spiro atoms. The van der Waals surface area contributed by atoms with E-state index >= 15 is 0 Å². The molecule has 0 aromatic heterocycles. The van der Waals surface area contributed by atoms with Crippen molar-refractivity contribution in [1.82, 2.24) is 26.6 Å². The fourth-order valence-corrected chi connectivity index (χ4v) is 11.6. The first-order chi connectivity index (χ1) is 24.1. The molecule has 0 aromatic carbocycles. The third-order valence-electron chi connectivity index (χ3n) is 11.2. The summed E-state index contributed by atoms with van der Waals surface area (Å²) in [5.41, 5.74) is 0. The summed E-state index contributed by atoms with van der Waals surface area (Å²) >= 11 is 0. The minimum Gasteiger partial charge on any atom is -0.481 e. The highest BCUT2D eigenvalue weighted by Crippen LogP contribution is 2.46. The van der Waals surface area contributed by atoms with Crippen molar-refractivity contribution < 1.29 is 68.9 Å². The van der Waals surface area contributed by atoms with Gasteiger partial charge >= 0.3 is 11.9 Å². The quantitative estimate of drug-likeness (QED) is 0.0754. The van der Waals surface area contributed by atoms with E-state index in [0.717, 1.165) is 0 Å². The van der Waals surface area contributed by atoms with Crippen LogP contribution in [0.1, 0.15) is 64.2 Å². The van der Waals surface area contributed by atoms with E-state index in [0.29, 0.717) is 12.8 Å². The molecule has 5 fully saturated rings. The highest BCUT2D eigenvalue weighted by atomic mass is 32.2. The highest BCUT2D eigenvalue weighted by molar-refractivity contribution is 7.87. The molecular formula is C27H47N7O15S3. The summed E-state index contributed by atoms with van der Waals surface area (Å²) in [5.74, 6) is -6.46. The van der Waals surface area contributed by atoms with Gasteiger partial charge in [-0.3, -0.25) is 49.8 Å². The van der Waals surface area contributed by atoms with Crippen LogP contribution in [0.3, 0.4) is 0 Å². The first-order valence-electron chi connectivity index (χ1n) is 17.0. The van der Waals surface area contributed by atoms with Gasteiger partial charge in [-0.05, 0) is 63.7 Å². The molecule has 298 valence electrons. The van der Waals surface area contributed by atoms with Gasteiger partial charge in [-0.15, -0.1) is 0 Å². The second-order valence-corrected chi connectivity index (χ2v) is 19.5. The van der Waals surface area contributed by atoms with E-state index in [1.54, 1.807) is 0 Å². The maximum absolute atomic E-state index is 12.6. The first-order valence-corrected chi connectivity index (χ1v) is 21.5. The van der Waals surface area contributed by atoms with Gasteiger partial charge in [-0.2, -0.15) is 35.5 Å². The lowest BCUT2D eigenvalue weighted by Gasteiger charge is -2.51. The standard InChI is InChI=1S/C27H47N7O15S3/c35-22-20-12(8-19(52(47,48)49)21(22)34-33-17-7-11(23(36)37)4-5-16(17)24(38)39)6-15(51(44,45)46)10-18(20)29-26-30-25(31-27(40)32-26)28-13-2-1-3-14(9-13)50(41,42)43/h11-22,25-32,35,40H,1-10H2,(H,36,37)(H,38,39)(H,41,42,43)(H,44,45,46)(H,47,48,49). The number of azo groups is 1. The minimum absolute atomic E-state index is 0.0432. The topological polar surface area (TPSA) is 363 Å². The normalized spacial score (nSPS) is 42.4. The summed E-state index contributed by atoms with van der Waals surface area (Å²) in [6.07, 6.45) is -4.85. The summed E-state index contributed by atoms with van der Waals surface area (Å²) in [6, 6.07) is -4.31. The maximum Gasteiger partial charge on any atom is 0.308 e. The van der Waals surface area contributed by atoms with E-state index in [1.165, 1.54) is 0 Å². The van der Waals surface area contributed by atoms with Crippen molar-refractivity contribution in [1.29, 1.82) is 0 Å². The molecule has 0 amide bonds. The van der Waals surface area contributed by atoms with Gasteiger partial charge in [0.25, 0.3) is 30.4 Å². The zero-order valence-electron chi connectivity index (χ0n) is 27.7. The molecule has 1 heterocycles. The highest BCUT2D eigenvalue weighted by Gasteiger charge is 2.56. The van der Waals surface area contributed by atoms with Crippen molar-refractivity contribution in [2.45, 2.75) is 129 Å². The monoisotopic (exact) mass is 805 g/mol. The van der Waals surface area contributed by atoms with Crippen molar-refractivity contribution >= 4 is 42.3 Å². The Morgan fingerprint density at radius 2 is 1.33 bits per heavy atom. The van der Waals surface area contributed by atoms with Crippen LogP contribution in [-0.4, -0.2) is 136 Å². The predicted octanol–water partition coefficient (Wildman–Crippen LogP) is -2.56. The Morgan fingerprint density at radius 3 is 1.92 bits per heavy atom. The molecule has 52 heavy (non-hydrogen) atoms. The molecule has 15 atom stereocenters. The van der Waals surface area contributed by atoms with Crippen molar-refractivity contribution in [3.05, 3.63) is 0 Å². The molecule has 1 aliphatic heterocycles. The second kappa shape index (κ2) is 16.0. The molecule has 0 aromatic rings. The van der Waals surface area contributed by atoms with Crippen LogP contribution in [0.2, 0.25) is 0 Å². The van der Waals surface area contributed by atoms with Gasteiger partial charge in [0.05, 0.1) is 34.5 Å². The van der Waals surface area contributed by atoms with Crippen LogP contribution >= 0.6 is 0 Å². The summed E-state index contributed by atoms with van der Waals surface area (Å²) < 4.78 is 103. The van der Waals surface area contributed by atoms with E-state index in [2.05, 4.69) is 36.8 Å². The largest absolute Gasteiger partial charge is 0.481 e. The number of hydrogen-bond acceptors (Lipinski definition) is 17. The Bertz CT molecular complexity index is 1690. The zero-order chi connectivity index (χ0) is 38.3. The van der Waals surface area contributed by atoms with Gasteiger partial charge in [0.1, 0.15) is 23.9 Å². The van der Waals surface area contributed by atoms with Gasteiger partial charge in [0.15, 0.2) is 6.35 Å². The van der Waals surface area contributed by atoms with Crippen molar-refractivity contribution in [3.8, 4) is 0 Å². The molecule has 25 heteroatoms. The number of carboxylic acid groups (broad SMARTS) is 2. The number of fused-ring (bicyclic) bond motifs is 1. The number of hydrogen-bond donors (Lipinski definition) is 12. The van der Waals surface area contributed by atoms with E-state index in [4.69, 9.17) is 0 Å². The molecule has 5 rings (SSSR count). The van der Waals surface area contributed by atoms with E-state index in [9.17, 15) is 68.9 Å². The van der Waals surface area contributed by atoms with E-state index < -0.39 is 137 Å². The van der Waals surface area contributed by atoms with E-state index in [1.807, 2.05) is 0 Å². The molecule has 5 aliphatic rings. The van der Waals surface area contributed by atoms with Crippen LogP contribution in [0.5, 0.6) is 0 Å². The van der Waals surface area contributed by atoms with Crippen molar-refractivity contribution in [3.63, 3.8) is 0 Å². The van der Waals surface area contributed by atoms with Crippen molar-refractivity contribution in [2.24, 2.45) is 33.9 Å². The molecule has 15 unspecified atom stereocenters. The van der Waals surface area contributed by atoms with Crippen LogP contribution in [0.25, 0.3) is 0 Å². The van der Waals surface area contributed by atoms with Crippen LogP contribution in [0.15, 0.2) is 10.2 Å². The van der Waals surface area contributed by atoms with Crippen LogP contribution < -0.4 is 26.6 Å². The average Bonchev–Trinajstić information content (AvgIpc) is 3.02. The van der Waals surface area contributed by atoms with Crippen LogP contribution in [0.4, 0.5) is 0 Å². The maximum atomic E-state index is 12.6. The lowest BCUT2D eigenvalue weighted by Crippen LogP contribution is -2.77. The second-order valence-electron chi connectivity index (χ2n) is 14.5. The number of aliphatic carboxylic acids is 2. The summed E-state index contributed by atoms with van der Waals surface area (Å²) in [5, 5.41) is 60.2. The van der Waals surface area contributed by atoms with Gasteiger partial charge in [0.2, 0.25) is 0 Å². The minimum atomic E-state index is -4.99. The van der Waals surface area contributed by atoms with Gasteiger partial charge in [-0.25, -0.2) is 0 Å². The third kappa shape index (κ3) is 9.80. The lowest BCUT2D eigenvalue weighted by atomic mass is 9.65. The lowest BCUT2D eigenvalue weighted by molar-refractivity contribution is -0.149. The Labute approximate surface area is 300 Å². The SMILES string of the molecule is O=C(O)C1CCC(C(=O)O)C(N=NC2C(O)C3C(CC(S(=O)(=O)O)CC3NC3NC(O)NC(NC4CCCC(S(=O)(=O)O)C4)N3)CC2S(=O)(=O)O)C1. The van der Waals surface area contributed by atoms with Crippen molar-refractivity contribution in [2.75, 3.05) is 0 Å². The Hall–Kier alpha value is -2.01. The molecular weight excluding hydrogens is 759 g/mol. The summed E-state index contributed by atoms with van der Waals surface area (Å²) in [4.78, 5) is 23.6. The van der Waals surface area contributed by atoms with Gasteiger partial charge < -0.3 is 20.4 Å². The Morgan fingerprint density at radius 1 is 0.673 bits per heavy atom. The van der Waals surface area contributed by atoms with Gasteiger partial charge in [-0.1, -0.05) is 6.42 Å². The Kier molecular flexibility index (Phi) is 12.7. The Balaban J connectivity index is 1.39. The molecule has 4 saturated carbocycles. The molecule has 22 nitrogen and oxygen atoms in total. The van der Waals surface area contributed by atoms with Gasteiger partial charge in [0, 0.05) is 18.0 Å². The smallest absolute Gasteiger partial charge is 0.308 e. The molecule has 4 aliphatic carbocycles. The predicted molar refractivity (Wildman–Crippen MR) is 177 cm³/mol. The summed E-state index contributed by atoms with van der Waals surface area (Å²) in [6.45, 7) is 0. The summed E-state index contributed by atoms with van der Waals surface area (Å²) in [7, 11) is -14.0. The zero-order valence-corrected chi connectivity index (χ0v) is 30.2. The number of aliphatic hydroxyl groups is 2. The fraction of sp³-hybridized carbons (Fsp3) is 0.926. The van der Waals surface area contributed by atoms with Crippen LogP contribution in [-0.2, 0) is 39.9 Å². The number of rotatable bonds is 11. The number of carboxylic acids is 2. The molecule has 12 N–H and O–H groups in total. The molecule has 0 bridgehead atoms. The number of carbonyl (C=O) groups is 2.